The minimum Gasteiger partial charge on any atom is -0.350 e. The van der Waals surface area contributed by atoms with Crippen molar-refractivity contribution in [2.45, 2.75) is 37.1 Å². The summed E-state index contributed by atoms with van der Waals surface area (Å²) in [5.74, 6) is -0.417. The molecule has 0 N–H and O–H groups in total. The van der Waals surface area contributed by atoms with E-state index in [4.69, 9.17) is 4.74 Å². The van der Waals surface area contributed by atoms with Crippen LogP contribution in [0.5, 0.6) is 0 Å². The average molecular weight is 452 g/mol. The number of rotatable bonds is 6. The zero-order chi connectivity index (χ0) is 22.3. The average Bonchev–Trinajstić information content (AvgIpc) is 3.01. The third-order valence-corrected chi connectivity index (χ3v) is 6.21. The number of halogens is 5. The van der Waals surface area contributed by atoms with Crippen LogP contribution >= 0.6 is 0 Å². The first-order chi connectivity index (χ1) is 13.9. The SMILES string of the molecule is CCS(=O)(=O)c1cc(C(F)(F)F)cnc1-c1nc2c(n1C)C=NC(OCC(F)F)C2. The van der Waals surface area contributed by atoms with Crippen molar-refractivity contribution in [3.8, 4) is 11.5 Å². The Morgan fingerprint density at radius 1 is 1.33 bits per heavy atom. The van der Waals surface area contributed by atoms with Gasteiger partial charge in [0.1, 0.15) is 12.3 Å². The quantitative estimate of drug-likeness (QED) is 0.630. The number of hydrogen-bond acceptors (Lipinski definition) is 6. The maximum absolute atomic E-state index is 13.1. The molecule has 0 fully saturated rings. The number of sulfone groups is 1. The summed E-state index contributed by atoms with van der Waals surface area (Å²) in [4.78, 5) is 11.5. The third-order valence-electron chi connectivity index (χ3n) is 4.47. The normalized spacial score (nSPS) is 16.9. The van der Waals surface area contributed by atoms with Crippen molar-refractivity contribution < 1.29 is 35.1 Å². The predicted molar refractivity (Wildman–Crippen MR) is 96.2 cm³/mol. The molecule has 30 heavy (non-hydrogen) atoms. The standard InChI is InChI=1S/C17H17F5N4O3S/c1-3-30(27,28)12-4-9(17(20,21)22)6-24-15(12)16-25-10-5-14(29-8-13(18)19)23-7-11(10)26(16)2/h4,6-7,13-14H,3,5,8H2,1-2H3. The van der Waals surface area contributed by atoms with E-state index in [1.807, 2.05) is 0 Å². The van der Waals surface area contributed by atoms with Crippen molar-refractivity contribution in [1.29, 1.82) is 0 Å². The summed E-state index contributed by atoms with van der Waals surface area (Å²) in [6.07, 6.45) is -6.41. The Kier molecular flexibility index (Phi) is 5.96. The lowest BCUT2D eigenvalue weighted by molar-refractivity contribution is -0.138. The van der Waals surface area contributed by atoms with Crippen molar-refractivity contribution in [3.63, 3.8) is 0 Å². The van der Waals surface area contributed by atoms with Gasteiger partial charge in [-0.2, -0.15) is 13.2 Å². The van der Waals surface area contributed by atoms with E-state index in [-0.39, 0.29) is 17.9 Å². The topological polar surface area (TPSA) is 86.4 Å². The lowest BCUT2D eigenvalue weighted by Crippen LogP contribution is -2.22. The van der Waals surface area contributed by atoms with E-state index in [2.05, 4.69) is 15.0 Å². The van der Waals surface area contributed by atoms with Crippen LogP contribution in [0.4, 0.5) is 22.0 Å². The van der Waals surface area contributed by atoms with Crippen LogP contribution in [0.3, 0.4) is 0 Å². The Bertz CT molecular complexity index is 1080. The fourth-order valence-corrected chi connectivity index (χ4v) is 3.96. The first kappa shape index (κ1) is 22.3. The van der Waals surface area contributed by atoms with Crippen molar-refractivity contribution in [3.05, 3.63) is 29.2 Å². The molecule has 7 nitrogen and oxygen atoms in total. The van der Waals surface area contributed by atoms with Gasteiger partial charge in [-0.3, -0.25) is 9.98 Å². The highest BCUT2D eigenvalue weighted by Crippen LogP contribution is 2.34. The monoisotopic (exact) mass is 452 g/mol. The van der Waals surface area contributed by atoms with Crippen molar-refractivity contribution in [2.75, 3.05) is 12.4 Å². The number of ether oxygens (including phenoxy) is 1. The minimum absolute atomic E-state index is 0.0155. The van der Waals surface area contributed by atoms with E-state index < -0.39 is 51.5 Å². The first-order valence-corrected chi connectivity index (χ1v) is 10.4. The Morgan fingerprint density at radius 2 is 2.03 bits per heavy atom. The molecule has 0 aromatic carbocycles. The van der Waals surface area contributed by atoms with Gasteiger partial charge in [0.15, 0.2) is 21.9 Å². The van der Waals surface area contributed by atoms with E-state index >= 15 is 0 Å². The first-order valence-electron chi connectivity index (χ1n) is 8.73. The number of imidazole rings is 1. The largest absolute Gasteiger partial charge is 0.417 e. The molecule has 3 rings (SSSR count). The number of aromatic nitrogens is 3. The summed E-state index contributed by atoms with van der Waals surface area (Å²) in [7, 11) is -2.54. The van der Waals surface area contributed by atoms with Gasteiger partial charge in [0.25, 0.3) is 6.43 Å². The Balaban J connectivity index is 2.07. The highest BCUT2D eigenvalue weighted by Gasteiger charge is 2.35. The Labute approximate surface area is 168 Å². The molecule has 1 unspecified atom stereocenters. The van der Waals surface area contributed by atoms with Crippen LogP contribution in [0.25, 0.3) is 11.5 Å². The smallest absolute Gasteiger partial charge is 0.350 e. The molecular formula is C17H17F5N4O3S. The zero-order valence-electron chi connectivity index (χ0n) is 15.8. The molecule has 2 aromatic rings. The Morgan fingerprint density at radius 3 is 2.63 bits per heavy atom. The van der Waals surface area contributed by atoms with Crippen LogP contribution in [0.2, 0.25) is 0 Å². The predicted octanol–water partition coefficient (Wildman–Crippen LogP) is 2.88. The fraction of sp³-hybridized carbons (Fsp3) is 0.471. The van der Waals surface area contributed by atoms with Crippen LogP contribution in [0, 0.1) is 0 Å². The van der Waals surface area contributed by atoms with Crippen molar-refractivity contribution in [2.24, 2.45) is 12.0 Å². The van der Waals surface area contributed by atoms with Crippen LogP contribution in [-0.4, -0.2) is 54.2 Å². The summed E-state index contributed by atoms with van der Waals surface area (Å²) < 4.78 is 95.3. The number of alkyl halides is 5. The molecule has 1 aliphatic rings. The second-order valence-electron chi connectivity index (χ2n) is 6.46. The molecule has 0 aliphatic carbocycles. The van der Waals surface area contributed by atoms with Gasteiger partial charge in [-0.1, -0.05) is 6.92 Å². The van der Waals surface area contributed by atoms with Gasteiger partial charge in [-0.25, -0.2) is 22.2 Å². The molecule has 0 amide bonds. The summed E-state index contributed by atoms with van der Waals surface area (Å²) in [5.41, 5.74) is -0.605. The highest BCUT2D eigenvalue weighted by atomic mass is 32.2. The highest BCUT2D eigenvalue weighted by molar-refractivity contribution is 7.91. The maximum atomic E-state index is 13.1. The van der Waals surface area contributed by atoms with Gasteiger partial charge in [0.2, 0.25) is 0 Å². The number of fused-ring (bicyclic) bond motifs is 1. The molecule has 1 aliphatic heterocycles. The van der Waals surface area contributed by atoms with E-state index in [0.29, 0.717) is 23.7 Å². The number of pyridine rings is 1. The van der Waals surface area contributed by atoms with E-state index in [1.165, 1.54) is 24.8 Å². The van der Waals surface area contributed by atoms with E-state index in [1.54, 1.807) is 0 Å². The van der Waals surface area contributed by atoms with Crippen LogP contribution in [0.15, 0.2) is 22.2 Å². The lowest BCUT2D eigenvalue weighted by atomic mass is 10.2. The molecule has 0 saturated carbocycles. The summed E-state index contributed by atoms with van der Waals surface area (Å²) in [6.45, 7) is 0.497. The fourth-order valence-electron chi connectivity index (χ4n) is 2.91. The molecule has 2 aromatic heterocycles. The summed E-state index contributed by atoms with van der Waals surface area (Å²) in [5, 5.41) is 0. The number of hydrogen-bond donors (Lipinski definition) is 0. The second-order valence-corrected chi connectivity index (χ2v) is 8.71. The molecule has 0 radical (unpaired) electrons. The van der Waals surface area contributed by atoms with Crippen LogP contribution in [-0.2, 0) is 34.2 Å². The summed E-state index contributed by atoms with van der Waals surface area (Å²) in [6, 6.07) is 0.539. The maximum Gasteiger partial charge on any atom is 0.417 e. The molecule has 164 valence electrons. The van der Waals surface area contributed by atoms with Gasteiger partial charge >= 0.3 is 6.18 Å². The molecule has 13 heteroatoms. The van der Waals surface area contributed by atoms with Gasteiger partial charge in [-0.15, -0.1) is 0 Å². The lowest BCUT2D eigenvalue weighted by Gasteiger charge is -2.16. The molecule has 0 saturated heterocycles. The molecular weight excluding hydrogens is 435 g/mol. The summed E-state index contributed by atoms with van der Waals surface area (Å²) >= 11 is 0. The van der Waals surface area contributed by atoms with Gasteiger partial charge in [0, 0.05) is 19.7 Å². The van der Waals surface area contributed by atoms with Gasteiger partial charge in [0.05, 0.1) is 33.8 Å². The van der Waals surface area contributed by atoms with Crippen molar-refractivity contribution >= 4 is 16.1 Å². The van der Waals surface area contributed by atoms with Gasteiger partial charge < -0.3 is 9.30 Å². The zero-order valence-corrected chi connectivity index (χ0v) is 16.6. The molecule has 1 atom stereocenters. The van der Waals surface area contributed by atoms with E-state index in [9.17, 15) is 30.4 Å². The molecule has 0 bridgehead atoms. The second kappa shape index (κ2) is 8.02. The molecule has 0 spiro atoms. The number of nitrogens with zero attached hydrogens (tertiary/aromatic N) is 4. The Hall–Kier alpha value is -2.41. The van der Waals surface area contributed by atoms with Crippen LogP contribution in [0.1, 0.15) is 23.9 Å². The third kappa shape index (κ3) is 4.36. The van der Waals surface area contributed by atoms with E-state index in [0.717, 1.165) is 0 Å². The van der Waals surface area contributed by atoms with Crippen molar-refractivity contribution in [1.82, 2.24) is 14.5 Å². The number of aliphatic imine (C=N–C) groups is 1. The minimum atomic E-state index is -4.77. The van der Waals surface area contributed by atoms with Crippen LogP contribution < -0.4 is 0 Å². The van der Waals surface area contributed by atoms with Gasteiger partial charge in [-0.05, 0) is 6.07 Å². The molecule has 3 heterocycles.